The van der Waals surface area contributed by atoms with Crippen LogP contribution >= 0.6 is 22.9 Å². The van der Waals surface area contributed by atoms with E-state index in [2.05, 4.69) is 0 Å². The van der Waals surface area contributed by atoms with Crippen molar-refractivity contribution in [2.75, 3.05) is 0 Å². The molecule has 0 aliphatic carbocycles. The Kier molecular flexibility index (Phi) is 3.10. The highest BCUT2D eigenvalue weighted by molar-refractivity contribution is 7.10. The number of aryl methyl sites for hydroxylation is 1. The lowest BCUT2D eigenvalue weighted by Gasteiger charge is -2.11. The van der Waals surface area contributed by atoms with Crippen LogP contribution in [0.5, 0.6) is 0 Å². The van der Waals surface area contributed by atoms with Crippen LogP contribution < -0.4 is 0 Å². The quantitative estimate of drug-likeness (QED) is 0.844. The Morgan fingerprint density at radius 2 is 2.07 bits per heavy atom. The van der Waals surface area contributed by atoms with Gasteiger partial charge >= 0.3 is 0 Å². The van der Waals surface area contributed by atoms with Crippen molar-refractivity contribution in [3.05, 3.63) is 56.7 Å². The summed E-state index contributed by atoms with van der Waals surface area (Å²) in [7, 11) is 0. The molecule has 2 rings (SSSR count). The first-order valence-corrected chi connectivity index (χ1v) is 5.92. The van der Waals surface area contributed by atoms with Crippen LogP contribution in [-0.2, 0) is 0 Å². The van der Waals surface area contributed by atoms with Crippen LogP contribution in [0.2, 0.25) is 5.02 Å². The van der Waals surface area contributed by atoms with Gasteiger partial charge < -0.3 is 5.11 Å². The van der Waals surface area contributed by atoms with E-state index in [1.807, 2.05) is 42.6 Å². The van der Waals surface area contributed by atoms with Crippen molar-refractivity contribution in [3.8, 4) is 0 Å². The molecule has 2 aromatic rings. The van der Waals surface area contributed by atoms with E-state index in [9.17, 15) is 5.11 Å². The summed E-state index contributed by atoms with van der Waals surface area (Å²) in [5, 5.41) is 12.7. The van der Waals surface area contributed by atoms with Crippen molar-refractivity contribution in [1.82, 2.24) is 0 Å². The average Bonchev–Trinajstić information content (AvgIpc) is 2.65. The van der Waals surface area contributed by atoms with E-state index in [4.69, 9.17) is 11.6 Å². The predicted molar refractivity (Wildman–Crippen MR) is 64.6 cm³/mol. The summed E-state index contributed by atoms with van der Waals surface area (Å²) in [6, 6.07) is 9.64. The Bertz CT molecular complexity index is 464. The van der Waals surface area contributed by atoms with Crippen LogP contribution in [0.1, 0.15) is 22.1 Å². The zero-order valence-corrected chi connectivity index (χ0v) is 9.85. The van der Waals surface area contributed by atoms with Crippen LogP contribution in [0.25, 0.3) is 0 Å². The molecule has 0 saturated heterocycles. The van der Waals surface area contributed by atoms with E-state index < -0.39 is 6.10 Å². The standard InChI is InChI=1S/C12H11ClOS/c1-8-4-2-3-5-10(8)12(14)11-6-9(13)7-15-11/h2-7,12,14H,1H3. The van der Waals surface area contributed by atoms with Crippen LogP contribution in [0, 0.1) is 6.92 Å². The van der Waals surface area contributed by atoms with Gasteiger partial charge in [0.15, 0.2) is 0 Å². The maximum Gasteiger partial charge on any atom is 0.113 e. The van der Waals surface area contributed by atoms with Gasteiger partial charge in [0, 0.05) is 10.3 Å². The molecular formula is C12H11ClOS. The molecule has 1 N–H and O–H groups in total. The van der Waals surface area contributed by atoms with Crippen LogP contribution in [0.3, 0.4) is 0 Å². The minimum absolute atomic E-state index is 0.566. The summed E-state index contributed by atoms with van der Waals surface area (Å²) >= 11 is 7.31. The van der Waals surface area contributed by atoms with Crippen molar-refractivity contribution in [2.45, 2.75) is 13.0 Å². The molecule has 1 heterocycles. The van der Waals surface area contributed by atoms with Crippen molar-refractivity contribution in [1.29, 1.82) is 0 Å². The molecule has 0 saturated carbocycles. The van der Waals surface area contributed by atoms with E-state index in [0.29, 0.717) is 5.02 Å². The Balaban J connectivity index is 2.36. The fraction of sp³-hybridized carbons (Fsp3) is 0.167. The molecule has 3 heteroatoms. The van der Waals surface area contributed by atoms with Gasteiger partial charge in [-0.25, -0.2) is 0 Å². The summed E-state index contributed by atoms with van der Waals surface area (Å²) in [5.41, 5.74) is 2.03. The topological polar surface area (TPSA) is 20.2 Å². The lowest BCUT2D eigenvalue weighted by molar-refractivity contribution is 0.223. The highest BCUT2D eigenvalue weighted by Gasteiger charge is 2.14. The third-order valence-corrected chi connectivity index (χ3v) is 3.67. The first-order chi connectivity index (χ1) is 7.18. The molecule has 0 bridgehead atoms. The van der Waals surface area contributed by atoms with Crippen molar-refractivity contribution in [3.63, 3.8) is 0 Å². The number of hydrogen-bond donors (Lipinski definition) is 1. The van der Waals surface area contributed by atoms with E-state index in [0.717, 1.165) is 16.0 Å². The number of benzene rings is 1. The highest BCUT2D eigenvalue weighted by Crippen LogP contribution is 2.30. The molecule has 1 aromatic heterocycles. The molecule has 0 amide bonds. The Labute approximate surface area is 98.0 Å². The molecule has 1 aromatic carbocycles. The molecule has 1 nitrogen and oxygen atoms in total. The minimum atomic E-state index is -0.566. The van der Waals surface area contributed by atoms with Gasteiger partial charge in [-0.2, -0.15) is 0 Å². The third-order valence-electron chi connectivity index (χ3n) is 2.34. The maximum absolute atomic E-state index is 10.1. The fourth-order valence-electron chi connectivity index (χ4n) is 1.52. The lowest BCUT2D eigenvalue weighted by Crippen LogP contribution is -1.99. The summed E-state index contributed by atoms with van der Waals surface area (Å²) in [6.45, 7) is 1.99. The number of rotatable bonds is 2. The summed E-state index contributed by atoms with van der Waals surface area (Å²) in [5.74, 6) is 0. The summed E-state index contributed by atoms with van der Waals surface area (Å²) in [4.78, 5) is 0.884. The average molecular weight is 239 g/mol. The largest absolute Gasteiger partial charge is 0.383 e. The van der Waals surface area contributed by atoms with Gasteiger partial charge in [0.2, 0.25) is 0 Å². The van der Waals surface area contributed by atoms with Gasteiger partial charge in [-0.05, 0) is 24.1 Å². The van der Waals surface area contributed by atoms with Gasteiger partial charge in [0.05, 0.1) is 5.02 Å². The molecule has 0 fully saturated rings. The van der Waals surface area contributed by atoms with E-state index in [1.165, 1.54) is 11.3 Å². The highest BCUT2D eigenvalue weighted by atomic mass is 35.5. The predicted octanol–water partition coefficient (Wildman–Crippen LogP) is 3.79. The summed E-state index contributed by atoms with van der Waals surface area (Å²) < 4.78 is 0. The Hall–Kier alpha value is -0.830. The third kappa shape index (κ3) is 2.23. The Morgan fingerprint density at radius 1 is 1.33 bits per heavy atom. The SMILES string of the molecule is Cc1ccccc1C(O)c1cc(Cl)cs1. The molecule has 1 atom stereocenters. The second kappa shape index (κ2) is 4.35. The van der Waals surface area contributed by atoms with Gasteiger partial charge in [0.25, 0.3) is 0 Å². The van der Waals surface area contributed by atoms with Gasteiger partial charge in [-0.15, -0.1) is 11.3 Å². The normalized spacial score (nSPS) is 12.7. The fourth-order valence-corrected chi connectivity index (χ4v) is 2.60. The monoisotopic (exact) mass is 238 g/mol. The first kappa shape index (κ1) is 10.7. The van der Waals surface area contributed by atoms with E-state index in [-0.39, 0.29) is 0 Å². The van der Waals surface area contributed by atoms with E-state index in [1.54, 1.807) is 0 Å². The minimum Gasteiger partial charge on any atom is -0.383 e. The number of thiophene rings is 1. The molecule has 0 aliphatic rings. The Morgan fingerprint density at radius 3 is 2.67 bits per heavy atom. The van der Waals surface area contributed by atoms with Crippen molar-refractivity contribution in [2.24, 2.45) is 0 Å². The second-order valence-electron chi connectivity index (χ2n) is 3.43. The summed E-state index contributed by atoms with van der Waals surface area (Å²) in [6.07, 6.45) is -0.566. The van der Waals surface area contributed by atoms with E-state index >= 15 is 0 Å². The molecule has 0 spiro atoms. The first-order valence-electron chi connectivity index (χ1n) is 4.66. The zero-order valence-electron chi connectivity index (χ0n) is 8.27. The number of aliphatic hydroxyl groups is 1. The maximum atomic E-state index is 10.1. The molecule has 0 radical (unpaired) electrons. The van der Waals surface area contributed by atoms with Crippen LogP contribution in [-0.4, -0.2) is 5.11 Å². The van der Waals surface area contributed by atoms with Crippen molar-refractivity contribution >= 4 is 22.9 Å². The van der Waals surface area contributed by atoms with Gasteiger partial charge in [0.1, 0.15) is 6.10 Å². The second-order valence-corrected chi connectivity index (χ2v) is 4.81. The number of aliphatic hydroxyl groups excluding tert-OH is 1. The molecule has 15 heavy (non-hydrogen) atoms. The molecule has 78 valence electrons. The van der Waals surface area contributed by atoms with Gasteiger partial charge in [-0.1, -0.05) is 35.9 Å². The zero-order chi connectivity index (χ0) is 10.8. The van der Waals surface area contributed by atoms with Gasteiger partial charge in [-0.3, -0.25) is 0 Å². The molecular weight excluding hydrogens is 228 g/mol. The molecule has 1 unspecified atom stereocenters. The lowest BCUT2D eigenvalue weighted by atomic mass is 10.0. The molecule has 0 aliphatic heterocycles. The van der Waals surface area contributed by atoms with Crippen molar-refractivity contribution < 1.29 is 5.11 Å². The number of hydrogen-bond acceptors (Lipinski definition) is 2. The van der Waals surface area contributed by atoms with Crippen LogP contribution in [0.4, 0.5) is 0 Å². The smallest absolute Gasteiger partial charge is 0.113 e. The number of halogens is 1. The van der Waals surface area contributed by atoms with Crippen LogP contribution in [0.15, 0.2) is 35.7 Å².